The van der Waals surface area contributed by atoms with E-state index in [9.17, 15) is 35.5 Å². The highest BCUT2D eigenvalue weighted by Crippen LogP contribution is 2.54. The molecular weight excluding hydrogens is 562 g/mol. The van der Waals surface area contributed by atoms with Gasteiger partial charge in [-0.05, 0) is 31.0 Å². The van der Waals surface area contributed by atoms with E-state index in [0.29, 0.717) is 9.75 Å². The van der Waals surface area contributed by atoms with E-state index in [4.69, 9.17) is 28.6 Å². The number of amides is 1. The van der Waals surface area contributed by atoms with Crippen LogP contribution in [-0.2, 0) is 5.67 Å². The zero-order valence-electron chi connectivity index (χ0n) is 17.4. The van der Waals surface area contributed by atoms with E-state index in [-0.39, 0.29) is 41.0 Å². The molecule has 0 bridgehead atoms. The van der Waals surface area contributed by atoms with Crippen molar-refractivity contribution < 1.29 is 35.5 Å². The van der Waals surface area contributed by atoms with Gasteiger partial charge in [-0.1, -0.05) is 28.4 Å². The molecule has 36 heavy (non-hydrogen) atoms. The van der Waals surface area contributed by atoms with Gasteiger partial charge >= 0.3 is 18.0 Å². The molecule has 2 heterocycles. The maximum atomic E-state index is 14.4. The van der Waals surface area contributed by atoms with Gasteiger partial charge in [0.1, 0.15) is 11.4 Å². The lowest BCUT2D eigenvalue weighted by atomic mass is 9.94. The van der Waals surface area contributed by atoms with Crippen LogP contribution in [0.15, 0.2) is 24.4 Å². The van der Waals surface area contributed by atoms with Crippen molar-refractivity contribution in [1.29, 1.82) is 5.41 Å². The molecule has 0 spiro atoms. The first-order valence-corrected chi connectivity index (χ1v) is 11.4. The fourth-order valence-corrected chi connectivity index (χ4v) is 4.86. The van der Waals surface area contributed by atoms with Crippen LogP contribution in [0.1, 0.15) is 33.6 Å². The topological polar surface area (TPSA) is 83.7 Å². The number of halogens is 9. The second-order valence-corrected chi connectivity index (χ2v) is 9.67. The van der Waals surface area contributed by atoms with E-state index in [1.165, 1.54) is 12.3 Å². The molecule has 6 nitrogen and oxygen atoms in total. The highest BCUT2D eigenvalue weighted by molar-refractivity contribution is 7.17. The average molecular weight is 574 g/mol. The minimum atomic E-state index is -6.34. The molecule has 1 amide bonds. The molecule has 0 atom stereocenters. The molecule has 0 unspecified atom stereocenters. The van der Waals surface area contributed by atoms with Crippen LogP contribution < -0.4 is 5.32 Å². The number of benzene rings is 1. The van der Waals surface area contributed by atoms with Crippen LogP contribution in [0.2, 0.25) is 10.0 Å². The quantitative estimate of drug-likeness (QED) is 0.261. The summed E-state index contributed by atoms with van der Waals surface area (Å²) in [5, 5.41) is 16.5. The SMILES string of the molecule is N=Cc1sc(-c2cn(-c3c(Cl)cc(C(F)(C(F)(F)F)C(F)(F)F)cc3Cl)nn2)cc1C(=O)NC1CC1. The van der Waals surface area contributed by atoms with Crippen LogP contribution in [0.5, 0.6) is 0 Å². The van der Waals surface area contributed by atoms with Gasteiger partial charge in [0.15, 0.2) is 0 Å². The molecule has 0 aliphatic heterocycles. The Labute approximate surface area is 211 Å². The van der Waals surface area contributed by atoms with Crippen LogP contribution >= 0.6 is 34.5 Å². The Morgan fingerprint density at radius 2 is 1.67 bits per heavy atom. The van der Waals surface area contributed by atoms with E-state index in [1.807, 2.05) is 0 Å². The molecule has 1 aliphatic rings. The lowest BCUT2D eigenvalue weighted by Gasteiger charge is -2.30. The van der Waals surface area contributed by atoms with Gasteiger partial charge in [0, 0.05) is 17.8 Å². The van der Waals surface area contributed by atoms with Gasteiger partial charge in [0.05, 0.1) is 31.6 Å². The van der Waals surface area contributed by atoms with E-state index < -0.39 is 33.6 Å². The first-order valence-electron chi connectivity index (χ1n) is 9.87. The lowest BCUT2D eigenvalue weighted by Crippen LogP contribution is -2.50. The predicted octanol–water partition coefficient (Wildman–Crippen LogP) is 6.48. The van der Waals surface area contributed by atoms with Crippen molar-refractivity contribution >= 4 is 46.7 Å². The van der Waals surface area contributed by atoms with Crippen molar-refractivity contribution in [1.82, 2.24) is 20.3 Å². The molecule has 1 saturated carbocycles. The van der Waals surface area contributed by atoms with Gasteiger partial charge in [-0.25, -0.2) is 9.07 Å². The molecule has 1 fully saturated rings. The van der Waals surface area contributed by atoms with Crippen LogP contribution in [-0.4, -0.2) is 45.5 Å². The van der Waals surface area contributed by atoms with Crippen LogP contribution in [0, 0.1) is 5.41 Å². The minimum Gasteiger partial charge on any atom is -0.349 e. The molecule has 16 heteroatoms. The molecular formula is C20H12Cl2F7N5OS. The summed E-state index contributed by atoms with van der Waals surface area (Å²) in [6.45, 7) is 0. The highest BCUT2D eigenvalue weighted by Gasteiger charge is 2.73. The molecule has 192 valence electrons. The highest BCUT2D eigenvalue weighted by atomic mass is 35.5. The van der Waals surface area contributed by atoms with Gasteiger partial charge in [-0.3, -0.25) is 4.79 Å². The lowest BCUT2D eigenvalue weighted by molar-refractivity contribution is -0.348. The summed E-state index contributed by atoms with van der Waals surface area (Å²) in [5.74, 6) is -0.378. The monoisotopic (exact) mass is 573 g/mol. The maximum absolute atomic E-state index is 14.4. The van der Waals surface area contributed by atoms with Crippen LogP contribution in [0.25, 0.3) is 16.3 Å². The van der Waals surface area contributed by atoms with Gasteiger partial charge < -0.3 is 10.7 Å². The molecule has 1 aromatic carbocycles. The fraction of sp³-hybridized carbons (Fsp3) is 0.300. The van der Waals surface area contributed by atoms with E-state index in [0.717, 1.165) is 35.1 Å². The summed E-state index contributed by atoms with van der Waals surface area (Å²) >= 11 is 12.9. The number of carbonyl (C=O) groups excluding carboxylic acids is 1. The second kappa shape index (κ2) is 8.99. The summed E-state index contributed by atoms with van der Waals surface area (Å²) in [7, 11) is 0. The first kappa shape index (κ1) is 26.4. The normalized spacial score (nSPS) is 14.7. The summed E-state index contributed by atoms with van der Waals surface area (Å²) in [6, 6.07) is 1.88. The number of carbonyl (C=O) groups is 1. The van der Waals surface area contributed by atoms with E-state index >= 15 is 0 Å². The Balaban J connectivity index is 1.71. The van der Waals surface area contributed by atoms with Crippen molar-refractivity contribution in [2.24, 2.45) is 0 Å². The summed E-state index contributed by atoms with van der Waals surface area (Å²) in [4.78, 5) is 13.1. The number of hydrogen-bond donors (Lipinski definition) is 2. The van der Waals surface area contributed by atoms with Crippen molar-refractivity contribution in [2.75, 3.05) is 0 Å². The number of hydrogen-bond acceptors (Lipinski definition) is 5. The Morgan fingerprint density at radius 1 is 1.08 bits per heavy atom. The van der Waals surface area contributed by atoms with Gasteiger partial charge in [-0.2, -0.15) is 26.3 Å². The molecule has 3 aromatic rings. The standard InChI is InChI=1S/C20H12Cl2F7N5OS/c21-11-3-8(18(23,19(24,25)26)20(27,28)29)4-12(22)16(11)34-7-13(32-33-34)14-5-10(15(6-30)36-14)17(35)31-9-1-2-9/h3-7,9,30H,1-2H2,(H,31,35). The van der Waals surface area contributed by atoms with E-state index in [2.05, 4.69) is 15.6 Å². The number of rotatable bonds is 6. The molecule has 4 rings (SSSR count). The van der Waals surface area contributed by atoms with E-state index in [1.54, 1.807) is 0 Å². The van der Waals surface area contributed by atoms with Gasteiger partial charge in [0.2, 0.25) is 0 Å². The Morgan fingerprint density at radius 3 is 2.17 bits per heavy atom. The van der Waals surface area contributed by atoms with Crippen LogP contribution in [0.4, 0.5) is 30.7 Å². The third-order valence-electron chi connectivity index (χ3n) is 5.22. The largest absolute Gasteiger partial charge is 0.435 e. The van der Waals surface area contributed by atoms with Crippen molar-refractivity contribution in [2.45, 2.75) is 36.9 Å². The van der Waals surface area contributed by atoms with Crippen molar-refractivity contribution in [3.05, 3.63) is 50.4 Å². The van der Waals surface area contributed by atoms with Gasteiger partial charge in [-0.15, -0.1) is 16.4 Å². The summed E-state index contributed by atoms with van der Waals surface area (Å²) in [5.41, 5.74) is -7.53. The Kier molecular flexibility index (Phi) is 6.58. The second-order valence-electron chi connectivity index (χ2n) is 7.77. The number of alkyl halides is 7. The molecule has 0 saturated heterocycles. The first-order chi connectivity index (χ1) is 16.7. The summed E-state index contributed by atoms with van der Waals surface area (Å²) in [6.07, 6.45) is -8.77. The summed E-state index contributed by atoms with van der Waals surface area (Å²) < 4.78 is 94.0. The van der Waals surface area contributed by atoms with Crippen molar-refractivity contribution in [3.8, 4) is 16.3 Å². The van der Waals surface area contributed by atoms with Crippen LogP contribution in [0.3, 0.4) is 0 Å². The molecule has 1 aliphatic carbocycles. The molecule has 2 N–H and O–H groups in total. The average Bonchev–Trinajstić information content (AvgIpc) is 3.27. The third kappa shape index (κ3) is 4.57. The predicted molar refractivity (Wildman–Crippen MR) is 118 cm³/mol. The van der Waals surface area contributed by atoms with Gasteiger partial charge in [0.25, 0.3) is 5.91 Å². The fourth-order valence-electron chi connectivity index (χ4n) is 3.26. The zero-order valence-corrected chi connectivity index (χ0v) is 19.8. The number of nitrogens with zero attached hydrogens (tertiary/aromatic N) is 3. The zero-order chi connectivity index (χ0) is 26.6. The molecule has 0 radical (unpaired) electrons. The van der Waals surface area contributed by atoms with Crippen molar-refractivity contribution in [3.63, 3.8) is 0 Å². The third-order valence-corrected chi connectivity index (χ3v) is 6.90. The minimum absolute atomic E-state index is 0.0744. The Hall–Kier alpha value is -2.71. The maximum Gasteiger partial charge on any atom is 0.435 e. The number of thiophene rings is 1. The number of nitrogens with one attached hydrogen (secondary N) is 2. The number of aromatic nitrogens is 3. The Bertz CT molecular complexity index is 1310. The molecule has 2 aromatic heterocycles. The smallest absolute Gasteiger partial charge is 0.349 e.